The first-order chi connectivity index (χ1) is 4.56. The number of esters is 1. The maximum absolute atomic E-state index is 12.3. The van der Waals surface area contributed by atoms with Crippen LogP contribution < -0.4 is 0 Å². The van der Waals surface area contributed by atoms with Crippen molar-refractivity contribution >= 4 is 28.6 Å². The fourth-order valence-electron chi connectivity index (χ4n) is 0.735. The molecular weight excluding hydrogens is 257 g/mol. The van der Waals surface area contributed by atoms with Crippen LogP contribution in [0.2, 0.25) is 0 Å². The second-order valence-corrected chi connectivity index (χ2v) is 2.97. The Labute approximate surface area is 70.1 Å². The maximum Gasteiger partial charge on any atom is 0.377 e. The van der Waals surface area contributed by atoms with E-state index in [-0.39, 0.29) is 0 Å². The van der Waals surface area contributed by atoms with Crippen LogP contribution in [0.4, 0.5) is 8.78 Å². The van der Waals surface area contributed by atoms with E-state index < -0.39 is 24.4 Å². The summed E-state index contributed by atoms with van der Waals surface area (Å²) >= 11 is 1.91. The predicted molar refractivity (Wildman–Crippen MR) is 38.3 cm³/mol. The summed E-state index contributed by atoms with van der Waals surface area (Å²) in [5, 5.41) is 0. The third-order valence-electron chi connectivity index (χ3n) is 1.23. The number of carbonyl (C=O) groups excluding carboxylic acids is 1. The summed E-state index contributed by atoms with van der Waals surface area (Å²) in [6.45, 7) is 0. The molecular formula is C5H5F2IO2. The molecule has 2 nitrogen and oxygen atoms in total. The minimum Gasteiger partial charge on any atom is -0.457 e. The molecule has 1 fully saturated rings. The zero-order valence-corrected chi connectivity index (χ0v) is 7.10. The molecule has 0 bridgehead atoms. The number of hydrogen-bond acceptors (Lipinski definition) is 2. The van der Waals surface area contributed by atoms with E-state index in [9.17, 15) is 13.6 Å². The van der Waals surface area contributed by atoms with E-state index in [4.69, 9.17) is 0 Å². The third-order valence-corrected chi connectivity index (χ3v) is 2.21. The van der Waals surface area contributed by atoms with Crippen molar-refractivity contribution in [1.29, 1.82) is 0 Å². The summed E-state index contributed by atoms with van der Waals surface area (Å²) < 4.78 is 29.4. The largest absolute Gasteiger partial charge is 0.457 e. The summed E-state index contributed by atoms with van der Waals surface area (Å²) in [7, 11) is 0. The lowest BCUT2D eigenvalue weighted by molar-refractivity contribution is -0.158. The average molecular weight is 262 g/mol. The Morgan fingerprint density at radius 3 is 2.60 bits per heavy atom. The highest BCUT2D eigenvalue weighted by Crippen LogP contribution is 2.31. The first-order valence-corrected chi connectivity index (χ1v) is 4.23. The molecule has 5 heteroatoms. The van der Waals surface area contributed by atoms with E-state index in [1.54, 1.807) is 0 Å². The fourth-order valence-corrected chi connectivity index (χ4v) is 1.23. The lowest BCUT2D eigenvalue weighted by Crippen LogP contribution is -2.21. The quantitative estimate of drug-likeness (QED) is 0.405. The van der Waals surface area contributed by atoms with E-state index >= 15 is 0 Å². The number of cyclic esters (lactones) is 1. The van der Waals surface area contributed by atoms with Crippen molar-refractivity contribution in [3.05, 3.63) is 0 Å². The number of halogens is 3. The highest BCUT2D eigenvalue weighted by molar-refractivity contribution is 14.1. The van der Waals surface area contributed by atoms with Crippen LogP contribution in [-0.4, -0.2) is 22.4 Å². The first kappa shape index (κ1) is 8.16. The van der Waals surface area contributed by atoms with Crippen molar-refractivity contribution in [3.63, 3.8) is 0 Å². The molecule has 1 rings (SSSR count). The van der Waals surface area contributed by atoms with Crippen LogP contribution in [-0.2, 0) is 9.53 Å². The molecule has 1 atom stereocenters. The van der Waals surface area contributed by atoms with Gasteiger partial charge in [-0.2, -0.15) is 8.78 Å². The zero-order valence-electron chi connectivity index (χ0n) is 4.94. The smallest absolute Gasteiger partial charge is 0.377 e. The molecule has 1 aliphatic rings. The van der Waals surface area contributed by atoms with Gasteiger partial charge in [0.15, 0.2) is 0 Å². The normalized spacial score (nSPS) is 30.3. The Morgan fingerprint density at radius 2 is 2.40 bits per heavy atom. The lowest BCUT2D eigenvalue weighted by Gasteiger charge is -2.00. The molecule has 10 heavy (non-hydrogen) atoms. The molecule has 0 aliphatic carbocycles. The van der Waals surface area contributed by atoms with Gasteiger partial charge in [-0.15, -0.1) is 0 Å². The Hall–Kier alpha value is 0.0600. The predicted octanol–water partition coefficient (Wildman–Crippen LogP) is 1.37. The van der Waals surface area contributed by atoms with Crippen LogP contribution in [0.5, 0.6) is 0 Å². The van der Waals surface area contributed by atoms with E-state index in [2.05, 4.69) is 4.74 Å². The number of hydrogen-bond donors (Lipinski definition) is 0. The van der Waals surface area contributed by atoms with Crippen LogP contribution in [0.15, 0.2) is 0 Å². The number of rotatable bonds is 1. The van der Waals surface area contributed by atoms with Gasteiger partial charge < -0.3 is 4.74 Å². The fraction of sp³-hybridized carbons (Fsp3) is 0.800. The van der Waals surface area contributed by atoms with Crippen molar-refractivity contribution in [2.75, 3.05) is 4.43 Å². The van der Waals surface area contributed by atoms with Crippen molar-refractivity contribution in [2.24, 2.45) is 0 Å². The van der Waals surface area contributed by atoms with Gasteiger partial charge in [0, 0.05) is 4.43 Å². The molecule has 0 unspecified atom stereocenters. The number of carbonyl (C=O) groups is 1. The minimum absolute atomic E-state index is 0.430. The molecule has 0 spiro atoms. The van der Waals surface area contributed by atoms with E-state index in [1.807, 2.05) is 22.6 Å². The van der Waals surface area contributed by atoms with Crippen LogP contribution in [0.1, 0.15) is 6.42 Å². The second kappa shape index (κ2) is 2.60. The molecule has 1 aliphatic heterocycles. The molecule has 0 aromatic heterocycles. The van der Waals surface area contributed by atoms with Gasteiger partial charge in [0.05, 0.1) is 6.42 Å². The van der Waals surface area contributed by atoms with E-state index in [0.717, 1.165) is 0 Å². The number of alkyl halides is 3. The summed E-state index contributed by atoms with van der Waals surface area (Å²) in [4.78, 5) is 10.3. The minimum atomic E-state index is -3.24. The summed E-state index contributed by atoms with van der Waals surface area (Å²) in [5.41, 5.74) is 0. The molecule has 0 amide bonds. The van der Waals surface area contributed by atoms with Crippen molar-refractivity contribution in [2.45, 2.75) is 18.4 Å². The summed E-state index contributed by atoms with van der Waals surface area (Å²) in [5.74, 6) is -4.62. The van der Waals surface area contributed by atoms with Gasteiger partial charge in [-0.05, 0) is 0 Å². The molecule has 0 aromatic carbocycles. The molecule has 0 saturated carbocycles. The maximum atomic E-state index is 12.3. The van der Waals surface area contributed by atoms with Crippen molar-refractivity contribution in [3.8, 4) is 0 Å². The van der Waals surface area contributed by atoms with Gasteiger partial charge in [0.2, 0.25) is 0 Å². The van der Waals surface area contributed by atoms with Crippen molar-refractivity contribution < 1.29 is 18.3 Å². The van der Waals surface area contributed by atoms with E-state index in [1.165, 1.54) is 0 Å². The van der Waals surface area contributed by atoms with Gasteiger partial charge in [-0.1, -0.05) is 22.6 Å². The molecule has 1 saturated heterocycles. The molecule has 1 heterocycles. The third kappa shape index (κ3) is 1.38. The Morgan fingerprint density at radius 1 is 1.80 bits per heavy atom. The highest BCUT2D eigenvalue weighted by atomic mass is 127. The van der Waals surface area contributed by atoms with Crippen molar-refractivity contribution in [1.82, 2.24) is 0 Å². The summed E-state index contributed by atoms with van der Waals surface area (Å²) in [6.07, 6.45) is -1.06. The first-order valence-electron chi connectivity index (χ1n) is 2.71. The van der Waals surface area contributed by atoms with Gasteiger partial charge in [-0.25, -0.2) is 4.79 Å². The Kier molecular flexibility index (Phi) is 2.12. The Bertz CT molecular complexity index is 160. The Balaban J connectivity index is 2.62. The molecule has 0 radical (unpaired) electrons. The molecule has 58 valence electrons. The van der Waals surface area contributed by atoms with Crippen LogP contribution in [0, 0.1) is 0 Å². The van der Waals surface area contributed by atoms with Gasteiger partial charge >= 0.3 is 11.9 Å². The average Bonchev–Trinajstić information content (AvgIpc) is 2.08. The van der Waals surface area contributed by atoms with Gasteiger partial charge in [-0.3, -0.25) is 0 Å². The van der Waals surface area contributed by atoms with Crippen LogP contribution in [0.3, 0.4) is 0 Å². The highest BCUT2D eigenvalue weighted by Gasteiger charge is 2.50. The molecule has 0 aromatic rings. The standard InChI is InChI=1S/C5H5F2IO2/c6-5(7)1-3(2-8)10-4(5)9/h3H,1-2H2/t3-/m0/s1. The van der Waals surface area contributed by atoms with Crippen LogP contribution >= 0.6 is 22.6 Å². The SMILES string of the molecule is O=C1O[C@H](CI)CC1(F)F. The zero-order chi connectivity index (χ0) is 7.78. The van der Waals surface area contributed by atoms with Crippen LogP contribution in [0.25, 0.3) is 0 Å². The van der Waals surface area contributed by atoms with Gasteiger partial charge in [0.1, 0.15) is 6.10 Å². The number of ether oxygens (including phenoxy) is 1. The van der Waals surface area contributed by atoms with Gasteiger partial charge in [0.25, 0.3) is 0 Å². The monoisotopic (exact) mass is 262 g/mol. The van der Waals surface area contributed by atoms with E-state index in [0.29, 0.717) is 4.43 Å². The molecule has 0 N–H and O–H groups in total. The topological polar surface area (TPSA) is 26.3 Å². The summed E-state index contributed by atoms with van der Waals surface area (Å²) in [6, 6.07) is 0. The second-order valence-electron chi connectivity index (χ2n) is 2.09. The lowest BCUT2D eigenvalue weighted by atomic mass is 10.2.